The summed E-state index contributed by atoms with van der Waals surface area (Å²) in [6.07, 6.45) is 0.660. The molecule has 0 saturated heterocycles. The Bertz CT molecular complexity index is 815. The van der Waals surface area contributed by atoms with Crippen molar-refractivity contribution in [2.24, 2.45) is 0 Å². The molecule has 0 unspecified atom stereocenters. The summed E-state index contributed by atoms with van der Waals surface area (Å²) in [6.45, 7) is 4.21. The van der Waals surface area contributed by atoms with Crippen LogP contribution in [0.4, 0.5) is 0 Å². The maximum atomic E-state index is 9.42. The molecule has 0 radical (unpaired) electrons. The maximum absolute atomic E-state index is 9.42. The van der Waals surface area contributed by atoms with Gasteiger partial charge in [-0.15, -0.1) is 0 Å². The van der Waals surface area contributed by atoms with E-state index in [2.05, 4.69) is 30.8 Å². The van der Waals surface area contributed by atoms with E-state index in [0.717, 1.165) is 16.7 Å². The van der Waals surface area contributed by atoms with Gasteiger partial charge in [-0.1, -0.05) is 66.7 Å². The summed E-state index contributed by atoms with van der Waals surface area (Å²) in [5, 5.41) is 12.4. The molecule has 0 bridgehead atoms. The first-order valence-corrected chi connectivity index (χ1v) is 7.16. The molecule has 0 aliphatic rings. The fourth-order valence-electron chi connectivity index (χ4n) is 2.54. The molecule has 3 aromatic rings. The van der Waals surface area contributed by atoms with Gasteiger partial charge in [-0.25, -0.2) is 0 Å². The van der Waals surface area contributed by atoms with Crippen molar-refractivity contribution in [3.8, 4) is 5.75 Å². The van der Waals surface area contributed by atoms with E-state index in [-0.39, 0.29) is 5.75 Å². The summed E-state index contributed by atoms with van der Waals surface area (Å²) in [7, 11) is 0. The molecule has 0 aliphatic heterocycles. The summed E-state index contributed by atoms with van der Waals surface area (Å²) in [5.41, 5.74) is 3.11. The van der Waals surface area contributed by atoms with Gasteiger partial charge in [0.15, 0.2) is 0 Å². The van der Waals surface area contributed by atoms with Crippen molar-refractivity contribution >= 4 is 27.9 Å². The first-order valence-electron chi connectivity index (χ1n) is 6.78. The number of phenolic OH excluding ortho intramolecular Hbond substituents is 1. The van der Waals surface area contributed by atoms with Gasteiger partial charge in [0.05, 0.1) is 0 Å². The average Bonchev–Trinajstić information content (AvgIpc) is 2.49. The van der Waals surface area contributed by atoms with Crippen LogP contribution in [-0.4, -0.2) is 5.11 Å². The Morgan fingerprint density at radius 3 is 2.57 bits per heavy atom. The van der Waals surface area contributed by atoms with Crippen LogP contribution in [-0.2, 0) is 6.42 Å². The number of allylic oxidation sites excluding steroid dienone is 1. The van der Waals surface area contributed by atoms with Crippen molar-refractivity contribution in [2.75, 3.05) is 0 Å². The lowest BCUT2D eigenvalue weighted by molar-refractivity contribution is 0.475. The monoisotopic (exact) mass is 294 g/mol. The number of benzene rings is 3. The van der Waals surface area contributed by atoms with Gasteiger partial charge in [-0.05, 0) is 46.0 Å². The molecule has 0 aliphatic carbocycles. The highest BCUT2D eigenvalue weighted by Gasteiger charge is 2.08. The van der Waals surface area contributed by atoms with Gasteiger partial charge in [0, 0.05) is 5.02 Å². The van der Waals surface area contributed by atoms with Gasteiger partial charge in [-0.3, -0.25) is 0 Å². The molecule has 104 valence electrons. The highest BCUT2D eigenvalue weighted by Crippen LogP contribution is 2.29. The molecule has 0 heterocycles. The second-order valence-corrected chi connectivity index (χ2v) is 5.49. The summed E-state index contributed by atoms with van der Waals surface area (Å²) >= 11 is 6.18. The standard InChI is InChI=1S/C19H15ClO/c1-13(11-15-9-10-16(21)12-19(15)20)17-8-4-6-14-5-2-3-7-18(14)17/h2-10,12,21H,1,11H2. The highest BCUT2D eigenvalue weighted by atomic mass is 35.5. The second-order valence-electron chi connectivity index (χ2n) is 5.08. The molecule has 3 rings (SSSR count). The van der Waals surface area contributed by atoms with Crippen molar-refractivity contribution in [1.82, 2.24) is 0 Å². The molecular weight excluding hydrogens is 280 g/mol. The lowest BCUT2D eigenvalue weighted by Gasteiger charge is -2.11. The summed E-state index contributed by atoms with van der Waals surface area (Å²) in [6, 6.07) is 19.5. The Balaban J connectivity index is 1.97. The zero-order chi connectivity index (χ0) is 14.8. The minimum absolute atomic E-state index is 0.180. The Morgan fingerprint density at radius 1 is 1.00 bits per heavy atom. The lowest BCUT2D eigenvalue weighted by atomic mass is 9.95. The smallest absolute Gasteiger partial charge is 0.117 e. The minimum Gasteiger partial charge on any atom is -0.508 e. The zero-order valence-corrected chi connectivity index (χ0v) is 12.3. The predicted octanol–water partition coefficient (Wildman–Crippen LogP) is 5.45. The number of halogens is 1. The summed E-state index contributed by atoms with van der Waals surface area (Å²) < 4.78 is 0. The van der Waals surface area contributed by atoms with Gasteiger partial charge in [0.1, 0.15) is 5.75 Å². The highest BCUT2D eigenvalue weighted by molar-refractivity contribution is 6.31. The van der Waals surface area contributed by atoms with Crippen LogP contribution >= 0.6 is 11.6 Å². The molecule has 0 aromatic heterocycles. The number of aromatic hydroxyl groups is 1. The molecule has 0 spiro atoms. The van der Waals surface area contributed by atoms with E-state index in [1.54, 1.807) is 12.1 Å². The molecule has 1 N–H and O–H groups in total. The Hall–Kier alpha value is -2.25. The van der Waals surface area contributed by atoms with Crippen LogP contribution in [0.5, 0.6) is 5.75 Å². The van der Waals surface area contributed by atoms with E-state index < -0.39 is 0 Å². The van der Waals surface area contributed by atoms with Crippen LogP contribution in [0.15, 0.2) is 67.2 Å². The van der Waals surface area contributed by atoms with Crippen LogP contribution < -0.4 is 0 Å². The van der Waals surface area contributed by atoms with Crippen LogP contribution in [0.1, 0.15) is 11.1 Å². The van der Waals surface area contributed by atoms with Crippen LogP contribution in [0.2, 0.25) is 5.02 Å². The lowest BCUT2D eigenvalue weighted by Crippen LogP contribution is -1.92. The van der Waals surface area contributed by atoms with Crippen molar-refractivity contribution in [1.29, 1.82) is 0 Å². The van der Waals surface area contributed by atoms with Gasteiger partial charge >= 0.3 is 0 Å². The van der Waals surface area contributed by atoms with Crippen LogP contribution in [0, 0.1) is 0 Å². The predicted molar refractivity (Wildman–Crippen MR) is 89.8 cm³/mol. The van der Waals surface area contributed by atoms with E-state index in [1.165, 1.54) is 10.8 Å². The van der Waals surface area contributed by atoms with E-state index in [0.29, 0.717) is 11.4 Å². The SMILES string of the molecule is C=C(Cc1ccc(O)cc1Cl)c1cccc2ccccc12. The minimum atomic E-state index is 0.180. The first-order chi connectivity index (χ1) is 10.1. The van der Waals surface area contributed by atoms with Gasteiger partial charge < -0.3 is 5.11 Å². The fourth-order valence-corrected chi connectivity index (χ4v) is 2.78. The second kappa shape index (κ2) is 5.63. The van der Waals surface area contributed by atoms with Crippen LogP contribution in [0.25, 0.3) is 16.3 Å². The average molecular weight is 295 g/mol. The molecule has 1 nitrogen and oxygen atoms in total. The molecule has 0 fully saturated rings. The van der Waals surface area contributed by atoms with Gasteiger partial charge in [0.2, 0.25) is 0 Å². The third-order valence-corrected chi connectivity index (χ3v) is 3.96. The summed E-state index contributed by atoms with van der Waals surface area (Å²) in [5.74, 6) is 0.180. The van der Waals surface area contributed by atoms with Crippen molar-refractivity contribution in [3.63, 3.8) is 0 Å². The van der Waals surface area contributed by atoms with Crippen molar-refractivity contribution < 1.29 is 5.11 Å². The molecule has 2 heteroatoms. The number of hydrogen-bond donors (Lipinski definition) is 1. The Kier molecular flexibility index (Phi) is 3.68. The quantitative estimate of drug-likeness (QED) is 0.680. The normalized spacial score (nSPS) is 10.7. The topological polar surface area (TPSA) is 20.2 Å². The number of rotatable bonds is 3. The third-order valence-electron chi connectivity index (χ3n) is 3.61. The molecular formula is C19H15ClO. The van der Waals surface area contributed by atoms with Crippen molar-refractivity contribution in [3.05, 3.63) is 83.4 Å². The third kappa shape index (κ3) is 2.79. The largest absolute Gasteiger partial charge is 0.508 e. The molecule has 21 heavy (non-hydrogen) atoms. The molecule has 3 aromatic carbocycles. The number of hydrogen-bond acceptors (Lipinski definition) is 1. The fraction of sp³-hybridized carbons (Fsp3) is 0.0526. The van der Waals surface area contributed by atoms with E-state index in [9.17, 15) is 5.11 Å². The number of phenols is 1. The Labute approximate surface area is 129 Å². The Morgan fingerprint density at radius 2 is 1.76 bits per heavy atom. The van der Waals surface area contributed by atoms with Gasteiger partial charge in [0.25, 0.3) is 0 Å². The summed E-state index contributed by atoms with van der Waals surface area (Å²) in [4.78, 5) is 0. The molecule has 0 atom stereocenters. The van der Waals surface area contributed by atoms with Gasteiger partial charge in [-0.2, -0.15) is 0 Å². The van der Waals surface area contributed by atoms with E-state index in [1.807, 2.05) is 24.3 Å². The molecule has 0 saturated carbocycles. The van der Waals surface area contributed by atoms with E-state index >= 15 is 0 Å². The zero-order valence-electron chi connectivity index (χ0n) is 11.5. The number of fused-ring (bicyclic) bond motifs is 1. The maximum Gasteiger partial charge on any atom is 0.117 e. The molecule has 0 amide bonds. The van der Waals surface area contributed by atoms with Crippen LogP contribution in [0.3, 0.4) is 0 Å². The first kappa shape index (κ1) is 13.7. The van der Waals surface area contributed by atoms with Crippen molar-refractivity contribution in [2.45, 2.75) is 6.42 Å². The van der Waals surface area contributed by atoms with E-state index in [4.69, 9.17) is 11.6 Å².